The maximum atomic E-state index is 12.0. The summed E-state index contributed by atoms with van der Waals surface area (Å²) in [5.74, 6) is -0.311. The van der Waals surface area contributed by atoms with Gasteiger partial charge in [-0.1, -0.05) is 37.1 Å². The maximum absolute atomic E-state index is 12.0. The molecule has 2 amide bonds. The average Bonchev–Trinajstić information content (AvgIpc) is 2.45. The number of hydrogen-bond acceptors (Lipinski definition) is 4. The minimum absolute atomic E-state index is 0.0849. The molecule has 0 radical (unpaired) electrons. The summed E-state index contributed by atoms with van der Waals surface area (Å²) in [6.07, 6.45) is 0. The number of hydrogen-bond donors (Lipinski definition) is 4. The van der Waals surface area contributed by atoms with E-state index in [1.807, 2.05) is 31.2 Å². The van der Waals surface area contributed by atoms with E-state index in [-0.39, 0.29) is 17.2 Å². The Morgan fingerprint density at radius 3 is 2.62 bits per heavy atom. The van der Waals surface area contributed by atoms with Crippen LogP contribution < -0.4 is 9.62 Å². The number of amides is 2. The molecular formula is C15H16N2O3S. The molecule has 0 aliphatic carbocycles. The molecule has 2 rings (SSSR count). The van der Waals surface area contributed by atoms with Crippen LogP contribution in [0.2, 0.25) is 0 Å². The first-order valence-electron chi connectivity index (χ1n) is 6.32. The molecule has 2 aromatic rings. The van der Waals surface area contributed by atoms with Crippen molar-refractivity contribution in [1.82, 2.24) is 5.32 Å². The zero-order chi connectivity index (χ0) is 15.4. The Morgan fingerprint density at radius 2 is 1.95 bits per heavy atom. The number of carbonyl (C=O) groups excluding carboxylic acids is 1. The van der Waals surface area contributed by atoms with E-state index < -0.39 is 6.03 Å². The Morgan fingerprint density at radius 1 is 1.24 bits per heavy atom. The van der Waals surface area contributed by atoms with Crippen LogP contribution in [0.1, 0.15) is 11.1 Å². The minimum Gasteiger partial charge on any atom is -0.508 e. The second-order valence-electron chi connectivity index (χ2n) is 4.57. The average molecular weight is 304 g/mol. The number of rotatable bonds is 3. The van der Waals surface area contributed by atoms with Crippen molar-refractivity contribution in [2.75, 3.05) is 4.31 Å². The number of aromatic hydroxyl groups is 2. The molecule has 0 bridgehead atoms. The van der Waals surface area contributed by atoms with Crippen LogP contribution >= 0.6 is 12.8 Å². The molecule has 0 unspecified atom stereocenters. The topological polar surface area (TPSA) is 72.8 Å². The molecule has 0 aromatic heterocycles. The molecule has 0 saturated carbocycles. The van der Waals surface area contributed by atoms with E-state index in [1.54, 1.807) is 0 Å². The summed E-state index contributed by atoms with van der Waals surface area (Å²) in [7, 11) is 0. The Kier molecular flexibility index (Phi) is 4.59. The lowest BCUT2D eigenvalue weighted by Gasteiger charge is -2.18. The molecule has 0 aliphatic rings. The third-order valence-corrected chi connectivity index (χ3v) is 3.47. The lowest BCUT2D eigenvalue weighted by Crippen LogP contribution is -2.33. The van der Waals surface area contributed by atoms with Crippen LogP contribution in [0.15, 0.2) is 42.5 Å². The first kappa shape index (κ1) is 15.1. The van der Waals surface area contributed by atoms with Gasteiger partial charge in [-0.05, 0) is 30.2 Å². The van der Waals surface area contributed by atoms with Crippen LogP contribution in [0, 0.1) is 6.92 Å². The van der Waals surface area contributed by atoms with Crippen molar-refractivity contribution >= 4 is 24.5 Å². The number of urea groups is 1. The normalized spacial score (nSPS) is 10.2. The van der Waals surface area contributed by atoms with Gasteiger partial charge in [-0.2, -0.15) is 0 Å². The second kappa shape index (κ2) is 6.41. The van der Waals surface area contributed by atoms with Gasteiger partial charge in [-0.15, -0.1) is 0 Å². The van der Waals surface area contributed by atoms with Gasteiger partial charge >= 0.3 is 6.03 Å². The molecule has 0 saturated heterocycles. The number of phenolic OH excluding ortho intramolecular Hbond substituents is 2. The minimum atomic E-state index is -0.470. The number of nitrogens with zero attached hydrogens (tertiary/aromatic N) is 1. The summed E-state index contributed by atoms with van der Waals surface area (Å²) in [4.78, 5) is 12.0. The van der Waals surface area contributed by atoms with Gasteiger partial charge in [0.1, 0.15) is 11.5 Å². The predicted molar refractivity (Wildman–Crippen MR) is 84.7 cm³/mol. The van der Waals surface area contributed by atoms with Gasteiger partial charge in [0.15, 0.2) is 0 Å². The van der Waals surface area contributed by atoms with Crippen molar-refractivity contribution in [1.29, 1.82) is 0 Å². The van der Waals surface area contributed by atoms with Crippen LogP contribution in [0.3, 0.4) is 0 Å². The molecule has 0 aliphatic heterocycles. The molecule has 0 atom stereocenters. The number of anilines is 1. The Bertz CT molecular complexity index is 661. The lowest BCUT2D eigenvalue weighted by atomic mass is 10.1. The smallest absolute Gasteiger partial charge is 0.332 e. The summed E-state index contributed by atoms with van der Waals surface area (Å²) in [5, 5.41) is 21.7. The molecule has 21 heavy (non-hydrogen) atoms. The van der Waals surface area contributed by atoms with Gasteiger partial charge in [-0.3, -0.25) is 0 Å². The molecule has 5 nitrogen and oxygen atoms in total. The monoisotopic (exact) mass is 304 g/mol. The quantitative estimate of drug-likeness (QED) is 0.659. The summed E-state index contributed by atoms with van der Waals surface area (Å²) in [6, 6.07) is 11.2. The number of carbonyl (C=O) groups is 1. The molecule has 0 heterocycles. The fourth-order valence-electron chi connectivity index (χ4n) is 1.85. The Labute approximate surface area is 128 Å². The number of benzene rings is 2. The van der Waals surface area contributed by atoms with Crippen molar-refractivity contribution in [3.63, 3.8) is 0 Å². The largest absolute Gasteiger partial charge is 0.508 e. The van der Waals surface area contributed by atoms with Gasteiger partial charge in [0.05, 0.1) is 5.69 Å². The lowest BCUT2D eigenvalue weighted by molar-refractivity contribution is 0.249. The van der Waals surface area contributed by atoms with Crippen LogP contribution in [0.4, 0.5) is 10.5 Å². The number of phenols is 2. The summed E-state index contributed by atoms with van der Waals surface area (Å²) >= 11 is 4.07. The van der Waals surface area contributed by atoms with E-state index in [0.29, 0.717) is 6.54 Å². The highest BCUT2D eigenvalue weighted by molar-refractivity contribution is 7.82. The van der Waals surface area contributed by atoms with E-state index in [9.17, 15) is 15.0 Å². The third-order valence-electron chi connectivity index (χ3n) is 3.07. The van der Waals surface area contributed by atoms with Gasteiger partial charge in [0, 0.05) is 12.6 Å². The van der Waals surface area contributed by atoms with Crippen LogP contribution in [-0.2, 0) is 6.54 Å². The van der Waals surface area contributed by atoms with Crippen molar-refractivity contribution in [2.24, 2.45) is 0 Å². The first-order valence-corrected chi connectivity index (χ1v) is 6.72. The Balaban J connectivity index is 2.05. The van der Waals surface area contributed by atoms with Crippen molar-refractivity contribution < 1.29 is 15.0 Å². The zero-order valence-electron chi connectivity index (χ0n) is 11.4. The molecule has 3 N–H and O–H groups in total. The SMILES string of the molecule is Cc1ccccc1CNC(=O)N(S)c1ccc(O)cc1O. The zero-order valence-corrected chi connectivity index (χ0v) is 12.3. The number of nitrogens with one attached hydrogen (secondary N) is 1. The highest BCUT2D eigenvalue weighted by Crippen LogP contribution is 2.31. The fourth-order valence-corrected chi connectivity index (χ4v) is 2.09. The highest BCUT2D eigenvalue weighted by Gasteiger charge is 2.15. The summed E-state index contributed by atoms with van der Waals surface area (Å²) in [6.45, 7) is 2.33. The van der Waals surface area contributed by atoms with E-state index in [0.717, 1.165) is 21.5 Å². The third kappa shape index (κ3) is 3.61. The van der Waals surface area contributed by atoms with E-state index in [1.165, 1.54) is 12.1 Å². The van der Waals surface area contributed by atoms with Gasteiger partial charge in [0.25, 0.3) is 0 Å². The van der Waals surface area contributed by atoms with Crippen molar-refractivity contribution in [3.05, 3.63) is 53.6 Å². The van der Waals surface area contributed by atoms with Crippen molar-refractivity contribution in [2.45, 2.75) is 13.5 Å². The predicted octanol–water partition coefficient (Wildman–Crippen LogP) is 2.97. The van der Waals surface area contributed by atoms with Gasteiger partial charge in [0.2, 0.25) is 0 Å². The fraction of sp³-hybridized carbons (Fsp3) is 0.133. The van der Waals surface area contributed by atoms with Gasteiger partial charge < -0.3 is 15.5 Å². The molecule has 6 heteroatoms. The van der Waals surface area contributed by atoms with Crippen molar-refractivity contribution in [3.8, 4) is 11.5 Å². The molecular weight excluding hydrogens is 288 g/mol. The maximum Gasteiger partial charge on any atom is 0.332 e. The second-order valence-corrected chi connectivity index (χ2v) is 4.97. The van der Waals surface area contributed by atoms with E-state index in [4.69, 9.17) is 0 Å². The van der Waals surface area contributed by atoms with Gasteiger partial charge in [-0.25, -0.2) is 9.10 Å². The van der Waals surface area contributed by atoms with E-state index in [2.05, 4.69) is 18.1 Å². The molecule has 110 valence electrons. The van der Waals surface area contributed by atoms with Crippen LogP contribution in [-0.4, -0.2) is 16.2 Å². The number of aryl methyl sites for hydroxylation is 1. The van der Waals surface area contributed by atoms with E-state index >= 15 is 0 Å². The first-order chi connectivity index (χ1) is 9.99. The summed E-state index contributed by atoms with van der Waals surface area (Å²) in [5.41, 5.74) is 2.27. The summed E-state index contributed by atoms with van der Waals surface area (Å²) < 4.78 is 0.993. The number of thiol groups is 1. The molecule has 2 aromatic carbocycles. The molecule has 0 fully saturated rings. The standard InChI is InChI=1S/C15H16N2O3S/c1-10-4-2-3-5-11(10)9-16-15(20)17(21)13-7-6-12(18)8-14(13)19/h2-8,18-19,21H,9H2,1H3,(H,16,20). The molecule has 0 spiro atoms. The van der Waals surface area contributed by atoms with Crippen LogP contribution in [0.25, 0.3) is 0 Å². The Hall–Kier alpha value is -2.34. The highest BCUT2D eigenvalue weighted by atomic mass is 32.1. The van der Waals surface area contributed by atoms with Crippen LogP contribution in [0.5, 0.6) is 11.5 Å².